The van der Waals surface area contributed by atoms with Crippen molar-refractivity contribution in [3.8, 4) is 0 Å². The number of nitrogens with two attached hydrogens (primary N) is 1. The normalized spacial score (nSPS) is 12.5. The molecule has 0 aromatic carbocycles. The van der Waals surface area contributed by atoms with Gasteiger partial charge in [-0.2, -0.15) is 0 Å². The van der Waals surface area contributed by atoms with Gasteiger partial charge in [0, 0.05) is 0 Å². The zero-order valence-corrected chi connectivity index (χ0v) is 11.0. The molecule has 0 amide bonds. The van der Waals surface area contributed by atoms with E-state index in [-0.39, 0.29) is 13.2 Å². The average Bonchev–Trinajstić information content (AvgIpc) is 2.23. The molecule has 0 rings (SSSR count). The van der Waals surface area contributed by atoms with Gasteiger partial charge >= 0.3 is 97.0 Å². The van der Waals surface area contributed by atoms with E-state index in [2.05, 4.69) is 21.4 Å². The van der Waals surface area contributed by atoms with Crippen molar-refractivity contribution >= 4 is 28.0 Å². The topological polar surface area (TPSA) is 88.2 Å². The summed E-state index contributed by atoms with van der Waals surface area (Å²) in [6.07, 6.45) is 0. The molecule has 0 fully saturated rings. The van der Waals surface area contributed by atoms with E-state index in [1.165, 1.54) is 3.92 Å². The molecule has 0 aliphatic carbocycles. The van der Waals surface area contributed by atoms with Gasteiger partial charge in [0.25, 0.3) is 0 Å². The number of nitrogens with zero attached hydrogens (tertiary/aromatic N) is 2. The van der Waals surface area contributed by atoms with Crippen molar-refractivity contribution in [2.75, 3.05) is 13.2 Å². The molecule has 7 heteroatoms. The van der Waals surface area contributed by atoms with Crippen molar-refractivity contribution in [3.05, 3.63) is 0 Å². The number of amidine groups is 1. The molecule has 3 N–H and O–H groups in total. The van der Waals surface area contributed by atoms with Crippen LogP contribution in [0.5, 0.6) is 0 Å². The molecular formula is C8H17N3O3Se. The molecule has 0 radical (unpaired) electrons. The minimum absolute atomic E-state index is 0.179. The first kappa shape index (κ1) is 14.2. The van der Waals surface area contributed by atoms with Gasteiger partial charge in [0.15, 0.2) is 0 Å². The maximum atomic E-state index is 11.6. The standard InChI is InChI=1S/C8H17N3O3Se/c1-6(10-13)11(15)8(2,3)7(12)14-5-4-9/h13,15H,4-5,9H2,1-3H3. The van der Waals surface area contributed by atoms with Crippen LogP contribution >= 0.6 is 0 Å². The van der Waals surface area contributed by atoms with Gasteiger partial charge in [0.1, 0.15) is 0 Å². The van der Waals surface area contributed by atoms with E-state index < -0.39 is 11.5 Å². The molecule has 0 aromatic rings. The van der Waals surface area contributed by atoms with Crippen molar-refractivity contribution in [1.29, 1.82) is 0 Å². The number of rotatable bonds is 4. The Balaban J connectivity index is 4.58. The third kappa shape index (κ3) is 3.70. The molecule has 88 valence electrons. The van der Waals surface area contributed by atoms with Crippen LogP contribution in [0.2, 0.25) is 0 Å². The first-order valence-corrected chi connectivity index (χ1v) is 5.27. The Morgan fingerprint density at radius 1 is 1.67 bits per heavy atom. The number of esters is 1. The Bertz CT molecular complexity index is 256. The van der Waals surface area contributed by atoms with Gasteiger partial charge in [-0.3, -0.25) is 0 Å². The summed E-state index contributed by atoms with van der Waals surface area (Å²) in [5.41, 5.74) is 4.31. The van der Waals surface area contributed by atoms with Crippen molar-refractivity contribution in [2.45, 2.75) is 26.3 Å². The van der Waals surface area contributed by atoms with Gasteiger partial charge in [0.05, 0.1) is 0 Å². The van der Waals surface area contributed by atoms with Gasteiger partial charge in [-0.15, -0.1) is 0 Å². The summed E-state index contributed by atoms with van der Waals surface area (Å²) in [6.45, 7) is 5.37. The third-order valence-electron chi connectivity index (χ3n) is 1.83. The molecule has 0 bridgehead atoms. The summed E-state index contributed by atoms with van der Waals surface area (Å²) < 4.78 is 6.39. The molecule has 0 atom stereocenters. The number of carbonyl (C=O) groups is 1. The Morgan fingerprint density at radius 3 is 2.60 bits per heavy atom. The van der Waals surface area contributed by atoms with Crippen molar-refractivity contribution in [2.24, 2.45) is 10.9 Å². The molecule has 0 saturated heterocycles. The SMILES string of the molecule is CC(=NO)N([SeH])C(C)(C)C(=O)OCCN. The number of carbonyl (C=O) groups excluding carboxylic acids is 1. The van der Waals surface area contributed by atoms with Crippen LogP contribution in [0.4, 0.5) is 0 Å². The van der Waals surface area contributed by atoms with E-state index in [0.717, 1.165) is 0 Å². The molecule has 0 aliphatic rings. The van der Waals surface area contributed by atoms with Crippen LogP contribution in [-0.4, -0.2) is 55.8 Å². The predicted octanol–water partition coefficient (Wildman–Crippen LogP) is -0.808. The van der Waals surface area contributed by atoms with Crippen molar-refractivity contribution in [1.82, 2.24) is 3.92 Å². The molecule has 6 nitrogen and oxygen atoms in total. The summed E-state index contributed by atoms with van der Waals surface area (Å²) in [4.78, 5) is 11.6. The van der Waals surface area contributed by atoms with Crippen LogP contribution < -0.4 is 5.73 Å². The quantitative estimate of drug-likeness (QED) is 0.176. The Labute approximate surface area is 97.5 Å². The zero-order chi connectivity index (χ0) is 12.1. The van der Waals surface area contributed by atoms with E-state index in [4.69, 9.17) is 15.7 Å². The van der Waals surface area contributed by atoms with E-state index in [9.17, 15) is 4.79 Å². The third-order valence-corrected chi connectivity index (χ3v) is 3.49. The number of hydrogen-bond donors (Lipinski definition) is 2. The first-order chi connectivity index (χ1) is 6.87. The fraction of sp³-hybridized carbons (Fsp3) is 0.750. The summed E-state index contributed by atoms with van der Waals surface area (Å²) in [5.74, 6) is -0.110. The Kier molecular flexibility index (Phi) is 5.64. The van der Waals surface area contributed by atoms with E-state index in [1.807, 2.05) is 0 Å². The van der Waals surface area contributed by atoms with Crippen molar-refractivity contribution < 1.29 is 14.7 Å². The number of ether oxygens (including phenoxy) is 1. The van der Waals surface area contributed by atoms with Crippen LogP contribution in [0, 0.1) is 0 Å². The average molecular weight is 282 g/mol. The molecule has 0 spiro atoms. The summed E-state index contributed by atoms with van der Waals surface area (Å²) in [5, 5.41) is 11.6. The molecule has 0 aromatic heterocycles. The number of hydrogen-bond acceptors (Lipinski definition) is 5. The van der Waals surface area contributed by atoms with Crippen LogP contribution in [0.1, 0.15) is 20.8 Å². The zero-order valence-electron chi connectivity index (χ0n) is 9.10. The second kappa shape index (κ2) is 5.95. The van der Waals surface area contributed by atoms with Gasteiger partial charge in [-0.1, -0.05) is 0 Å². The molecular weight excluding hydrogens is 265 g/mol. The minimum atomic E-state index is -0.911. The first-order valence-electron chi connectivity index (χ1n) is 4.43. The fourth-order valence-corrected chi connectivity index (χ4v) is 1.12. The van der Waals surface area contributed by atoms with E-state index in [0.29, 0.717) is 5.84 Å². The maximum absolute atomic E-state index is 11.6. The second-order valence-corrected chi connectivity index (χ2v) is 4.28. The molecule has 0 saturated carbocycles. The van der Waals surface area contributed by atoms with Crippen LogP contribution in [0.3, 0.4) is 0 Å². The van der Waals surface area contributed by atoms with Crippen molar-refractivity contribution in [3.63, 3.8) is 0 Å². The molecule has 0 heterocycles. The predicted molar refractivity (Wildman–Crippen MR) is 58.0 cm³/mol. The summed E-state index contributed by atoms with van der Waals surface area (Å²) >= 11 is 2.14. The fourth-order valence-electron chi connectivity index (χ4n) is 0.862. The monoisotopic (exact) mass is 283 g/mol. The van der Waals surface area contributed by atoms with Crippen LogP contribution in [0.25, 0.3) is 0 Å². The van der Waals surface area contributed by atoms with E-state index in [1.54, 1.807) is 20.8 Å². The molecule has 15 heavy (non-hydrogen) atoms. The van der Waals surface area contributed by atoms with E-state index >= 15 is 0 Å². The summed E-state index contributed by atoms with van der Waals surface area (Å²) in [7, 11) is 0. The van der Waals surface area contributed by atoms with Gasteiger partial charge in [-0.25, -0.2) is 0 Å². The Morgan fingerprint density at radius 2 is 2.20 bits per heavy atom. The molecule has 0 unspecified atom stereocenters. The van der Waals surface area contributed by atoms with Gasteiger partial charge < -0.3 is 0 Å². The van der Waals surface area contributed by atoms with Crippen LogP contribution in [-0.2, 0) is 9.53 Å². The summed E-state index contributed by atoms with van der Waals surface area (Å²) in [6, 6.07) is 0. The van der Waals surface area contributed by atoms with Gasteiger partial charge in [0.2, 0.25) is 0 Å². The van der Waals surface area contributed by atoms with Crippen LogP contribution in [0.15, 0.2) is 5.16 Å². The second-order valence-electron chi connectivity index (χ2n) is 3.44. The Hall–Kier alpha value is -0.781. The number of oxime groups is 1. The van der Waals surface area contributed by atoms with Gasteiger partial charge in [-0.05, 0) is 0 Å². The molecule has 0 aliphatic heterocycles.